The van der Waals surface area contributed by atoms with Gasteiger partial charge in [0.15, 0.2) is 5.69 Å². The molecule has 34 heavy (non-hydrogen) atoms. The number of rotatable bonds is 9. The van der Waals surface area contributed by atoms with Crippen molar-refractivity contribution in [2.45, 2.75) is 46.6 Å². The highest BCUT2D eigenvalue weighted by Crippen LogP contribution is 2.32. The first-order valence-corrected chi connectivity index (χ1v) is 11.5. The van der Waals surface area contributed by atoms with Gasteiger partial charge in [0.1, 0.15) is 0 Å². The molecule has 1 N–H and O–H groups in total. The zero-order valence-corrected chi connectivity index (χ0v) is 20.7. The third-order valence-electron chi connectivity index (χ3n) is 5.56. The smallest absolute Gasteiger partial charge is 0.358 e. The van der Waals surface area contributed by atoms with Crippen LogP contribution in [0.1, 0.15) is 65.7 Å². The molecule has 2 aromatic carbocycles. The molecular weight excluding hydrogens is 430 g/mol. The topological polar surface area (TPSA) is 82.5 Å². The van der Waals surface area contributed by atoms with Crippen molar-refractivity contribution >= 4 is 11.9 Å². The third kappa shape index (κ3) is 5.54. The van der Waals surface area contributed by atoms with Gasteiger partial charge in [-0.05, 0) is 61.6 Å². The lowest BCUT2D eigenvalue weighted by Gasteiger charge is -2.19. The van der Waals surface area contributed by atoms with Gasteiger partial charge in [-0.2, -0.15) is 5.10 Å². The predicted octanol–water partition coefficient (Wildman–Crippen LogP) is 4.91. The third-order valence-corrected chi connectivity index (χ3v) is 5.56. The van der Waals surface area contributed by atoms with Gasteiger partial charge >= 0.3 is 5.97 Å². The molecule has 0 radical (unpaired) electrons. The van der Waals surface area contributed by atoms with Crippen molar-refractivity contribution in [3.05, 3.63) is 71.0 Å². The second-order valence-corrected chi connectivity index (χ2v) is 8.61. The number of nitrogens with one attached hydrogen (secondary N) is 1. The van der Waals surface area contributed by atoms with Gasteiger partial charge in [0.2, 0.25) is 0 Å². The summed E-state index contributed by atoms with van der Waals surface area (Å²) < 4.78 is 12.1. The predicted molar refractivity (Wildman–Crippen MR) is 133 cm³/mol. The lowest BCUT2D eigenvalue weighted by molar-refractivity contribution is 0.0518. The van der Waals surface area contributed by atoms with E-state index in [1.54, 1.807) is 24.8 Å². The van der Waals surface area contributed by atoms with Crippen molar-refractivity contribution in [3.8, 4) is 16.8 Å². The van der Waals surface area contributed by atoms with Crippen LogP contribution in [0.3, 0.4) is 0 Å². The van der Waals surface area contributed by atoms with Crippen molar-refractivity contribution in [1.82, 2.24) is 15.1 Å². The standard InChI is InChI=1S/C27H33N3O4/c1-7-34-27(32)23-15-24(17(2)3)30(29-23)25-14-21(26(31)28-18(4)16-33-6)13-22(19(25)5)20-11-9-8-10-12-20/h8-15,17-18H,7,16H2,1-6H3,(H,28,31). The van der Waals surface area contributed by atoms with Gasteiger partial charge in [-0.1, -0.05) is 44.2 Å². The number of amides is 1. The van der Waals surface area contributed by atoms with E-state index in [9.17, 15) is 9.59 Å². The fourth-order valence-electron chi connectivity index (χ4n) is 3.87. The Kier molecular flexibility index (Phi) is 8.23. The number of carbonyl (C=O) groups excluding carboxylic acids is 2. The molecule has 3 rings (SSSR count). The number of hydrogen-bond donors (Lipinski definition) is 1. The molecule has 7 heteroatoms. The molecule has 3 aromatic rings. The van der Waals surface area contributed by atoms with E-state index in [1.165, 1.54) is 0 Å². The normalized spacial score (nSPS) is 12.0. The molecule has 1 aromatic heterocycles. The zero-order chi connectivity index (χ0) is 24.8. The Hall–Kier alpha value is -3.45. The maximum atomic E-state index is 13.2. The molecule has 0 bridgehead atoms. The molecule has 1 heterocycles. The number of hydrogen-bond acceptors (Lipinski definition) is 5. The van der Waals surface area contributed by atoms with Gasteiger partial charge in [0, 0.05) is 24.4 Å². The molecule has 0 spiro atoms. The molecule has 0 aliphatic heterocycles. The Morgan fingerprint density at radius 3 is 2.41 bits per heavy atom. The van der Waals surface area contributed by atoms with Gasteiger partial charge in [-0.3, -0.25) is 4.79 Å². The molecule has 1 amide bonds. The first kappa shape index (κ1) is 25.2. The van der Waals surface area contributed by atoms with Gasteiger partial charge in [0.05, 0.1) is 18.9 Å². The second kappa shape index (κ2) is 11.1. The van der Waals surface area contributed by atoms with Crippen LogP contribution in [0.15, 0.2) is 48.5 Å². The fourth-order valence-corrected chi connectivity index (χ4v) is 3.87. The van der Waals surface area contributed by atoms with Crippen molar-refractivity contribution in [2.24, 2.45) is 0 Å². The Morgan fingerprint density at radius 2 is 1.79 bits per heavy atom. The average Bonchev–Trinajstić information content (AvgIpc) is 3.26. The number of carbonyl (C=O) groups is 2. The minimum atomic E-state index is -0.466. The maximum Gasteiger partial charge on any atom is 0.358 e. The first-order valence-electron chi connectivity index (χ1n) is 11.5. The molecule has 0 saturated heterocycles. The van der Waals surface area contributed by atoms with E-state index < -0.39 is 5.97 Å². The highest BCUT2D eigenvalue weighted by molar-refractivity contribution is 5.97. The molecule has 7 nitrogen and oxygen atoms in total. The molecule has 0 saturated carbocycles. The van der Waals surface area contributed by atoms with Crippen molar-refractivity contribution in [1.29, 1.82) is 0 Å². The summed E-state index contributed by atoms with van der Waals surface area (Å²) in [5.74, 6) is -0.576. The molecular formula is C27H33N3O4. The Labute approximate surface area is 201 Å². The van der Waals surface area contributed by atoms with Crippen LogP contribution in [-0.4, -0.2) is 48.0 Å². The monoisotopic (exact) mass is 463 g/mol. The molecule has 1 atom stereocenters. The number of esters is 1. The average molecular weight is 464 g/mol. The van der Waals surface area contributed by atoms with Gasteiger partial charge < -0.3 is 14.8 Å². The van der Waals surface area contributed by atoms with Crippen LogP contribution < -0.4 is 5.32 Å². The van der Waals surface area contributed by atoms with E-state index >= 15 is 0 Å². The highest BCUT2D eigenvalue weighted by Gasteiger charge is 2.22. The Balaban J connectivity index is 2.20. The second-order valence-electron chi connectivity index (χ2n) is 8.61. The van der Waals surface area contributed by atoms with Gasteiger partial charge in [0.25, 0.3) is 5.91 Å². The Bertz CT molecular complexity index is 1150. The summed E-state index contributed by atoms with van der Waals surface area (Å²) in [6, 6.07) is 15.3. The molecule has 0 fully saturated rings. The SMILES string of the molecule is CCOC(=O)c1cc(C(C)C)n(-c2cc(C(=O)NC(C)COC)cc(-c3ccccc3)c2C)n1. The quantitative estimate of drug-likeness (QED) is 0.456. The lowest BCUT2D eigenvalue weighted by Crippen LogP contribution is -2.35. The van der Waals surface area contributed by atoms with Crippen LogP contribution >= 0.6 is 0 Å². The van der Waals surface area contributed by atoms with Crippen molar-refractivity contribution in [2.75, 3.05) is 20.3 Å². The molecule has 180 valence electrons. The summed E-state index contributed by atoms with van der Waals surface area (Å²) in [7, 11) is 1.60. The summed E-state index contributed by atoms with van der Waals surface area (Å²) in [6.45, 7) is 10.4. The largest absolute Gasteiger partial charge is 0.461 e. The Morgan fingerprint density at radius 1 is 1.09 bits per heavy atom. The van der Waals surface area contributed by atoms with E-state index in [0.29, 0.717) is 12.2 Å². The van der Waals surface area contributed by atoms with Crippen LogP contribution in [0.4, 0.5) is 0 Å². The van der Waals surface area contributed by atoms with E-state index in [-0.39, 0.29) is 30.2 Å². The van der Waals surface area contributed by atoms with Crippen molar-refractivity contribution < 1.29 is 19.1 Å². The first-order chi connectivity index (χ1) is 16.3. The highest BCUT2D eigenvalue weighted by atomic mass is 16.5. The number of nitrogens with zero attached hydrogens (tertiary/aromatic N) is 2. The molecule has 0 aliphatic carbocycles. The molecule has 1 unspecified atom stereocenters. The summed E-state index contributed by atoms with van der Waals surface area (Å²) >= 11 is 0. The number of benzene rings is 2. The summed E-state index contributed by atoms with van der Waals surface area (Å²) in [5, 5.41) is 7.58. The van der Waals surface area contributed by atoms with Crippen LogP contribution in [0.5, 0.6) is 0 Å². The fraction of sp³-hybridized carbons (Fsp3) is 0.370. The van der Waals surface area contributed by atoms with Crippen LogP contribution in [-0.2, 0) is 9.47 Å². The van der Waals surface area contributed by atoms with Crippen LogP contribution in [0.2, 0.25) is 0 Å². The van der Waals surface area contributed by atoms with Gasteiger partial charge in [-0.25, -0.2) is 9.48 Å². The summed E-state index contributed by atoms with van der Waals surface area (Å²) in [4.78, 5) is 25.6. The maximum absolute atomic E-state index is 13.2. The lowest BCUT2D eigenvalue weighted by atomic mass is 9.95. The summed E-state index contributed by atoms with van der Waals surface area (Å²) in [6.07, 6.45) is 0. The minimum Gasteiger partial charge on any atom is -0.461 e. The summed E-state index contributed by atoms with van der Waals surface area (Å²) in [5.41, 5.74) is 5.21. The van der Waals surface area contributed by atoms with Crippen molar-refractivity contribution in [3.63, 3.8) is 0 Å². The van der Waals surface area contributed by atoms with E-state index in [2.05, 4.69) is 10.4 Å². The molecule has 0 aliphatic rings. The van der Waals surface area contributed by atoms with Crippen LogP contribution in [0.25, 0.3) is 16.8 Å². The van der Waals surface area contributed by atoms with E-state index in [0.717, 1.165) is 28.1 Å². The van der Waals surface area contributed by atoms with Gasteiger partial charge in [-0.15, -0.1) is 0 Å². The van der Waals surface area contributed by atoms with E-state index in [4.69, 9.17) is 9.47 Å². The number of ether oxygens (including phenoxy) is 2. The minimum absolute atomic E-state index is 0.0921. The number of aromatic nitrogens is 2. The van der Waals surface area contributed by atoms with Crippen LogP contribution in [0, 0.1) is 6.92 Å². The van der Waals surface area contributed by atoms with E-state index in [1.807, 2.05) is 70.2 Å². The zero-order valence-electron chi connectivity index (χ0n) is 20.7. The number of methoxy groups -OCH3 is 1.